The van der Waals surface area contributed by atoms with Gasteiger partial charge >= 0.3 is 0 Å². The Morgan fingerprint density at radius 2 is 1.22 bits per heavy atom. The van der Waals surface area contributed by atoms with Crippen LogP contribution in [0.4, 0.5) is 0 Å². The van der Waals surface area contributed by atoms with E-state index in [2.05, 4.69) is 35.0 Å². The predicted octanol–water partition coefficient (Wildman–Crippen LogP) is 1.67. The van der Waals surface area contributed by atoms with E-state index in [1.54, 1.807) is 5.06 Å². The quantitative estimate of drug-likeness (QED) is 0.413. The highest BCUT2D eigenvalue weighted by atomic mass is 16.8. The summed E-state index contributed by atoms with van der Waals surface area (Å²) in [6.07, 6.45) is 0. The summed E-state index contributed by atoms with van der Waals surface area (Å²) in [5, 5.41) is 1.79. The summed E-state index contributed by atoms with van der Waals surface area (Å²) in [6.45, 7) is 8.15. The number of nitrogens with zero attached hydrogens (tertiary/aromatic N) is 3. The molecule has 0 aromatic heterocycles. The van der Waals surface area contributed by atoms with Crippen LogP contribution in [-0.4, -0.2) is 75.0 Å². The van der Waals surface area contributed by atoms with E-state index in [1.165, 1.54) is 0 Å². The first-order chi connectivity index (χ1) is 7.58. The molecule has 0 bridgehead atoms. The van der Waals surface area contributed by atoms with Crippen LogP contribution in [0.3, 0.4) is 0 Å². The van der Waals surface area contributed by atoms with Gasteiger partial charge in [-0.2, -0.15) is 9.48 Å². The third-order valence-electron chi connectivity index (χ3n) is 3.23. The van der Waals surface area contributed by atoms with Crippen molar-refractivity contribution >= 4 is 0 Å². The van der Waals surface area contributed by atoms with Crippen molar-refractivity contribution in [1.29, 1.82) is 0 Å². The summed E-state index contributed by atoms with van der Waals surface area (Å²) < 4.78 is 1.13. The van der Waals surface area contributed by atoms with Gasteiger partial charge in [0.25, 0.3) is 0 Å². The van der Waals surface area contributed by atoms with Crippen molar-refractivity contribution in [2.45, 2.75) is 39.1 Å². The largest absolute Gasteiger partial charge is 0.303 e. The van der Waals surface area contributed by atoms with E-state index in [0.717, 1.165) is 0 Å². The van der Waals surface area contributed by atoms with Crippen molar-refractivity contribution in [1.82, 2.24) is 5.06 Å². The highest BCUT2D eigenvalue weighted by Crippen LogP contribution is 2.26. The lowest BCUT2D eigenvalue weighted by atomic mass is 10.2. The zero-order valence-electron chi connectivity index (χ0n) is 14.2. The number of hydrogen-bond donors (Lipinski definition) is 0. The van der Waals surface area contributed by atoms with E-state index in [-0.39, 0.29) is 5.72 Å². The molecule has 0 spiro atoms. The van der Waals surface area contributed by atoms with Gasteiger partial charge in [0.05, 0.1) is 42.3 Å². The maximum Gasteiger partial charge on any atom is 0.215 e. The summed E-state index contributed by atoms with van der Waals surface area (Å²) in [4.78, 5) is 12.1. The second-order valence-corrected chi connectivity index (χ2v) is 7.48. The summed E-state index contributed by atoms with van der Waals surface area (Å²) in [6, 6.07) is 0. The molecule has 0 fully saturated rings. The van der Waals surface area contributed by atoms with Crippen molar-refractivity contribution in [3.63, 3.8) is 0 Å². The first-order valence-electron chi connectivity index (χ1n) is 6.35. The fourth-order valence-electron chi connectivity index (χ4n) is 1.30. The minimum Gasteiger partial charge on any atom is -0.303 e. The van der Waals surface area contributed by atoms with Gasteiger partial charge in [-0.15, -0.1) is 5.06 Å². The van der Waals surface area contributed by atoms with Crippen molar-refractivity contribution < 1.29 is 18.8 Å². The Labute approximate surface area is 113 Å². The summed E-state index contributed by atoms with van der Waals surface area (Å²) in [5.74, 6) is 0. The molecule has 0 atom stereocenters. The number of hydrogen-bond acceptors (Lipinski definition) is 3. The molecule has 0 amide bonds. The topological polar surface area (TPSA) is 21.7 Å². The van der Waals surface area contributed by atoms with Crippen LogP contribution in [-0.2, 0) is 9.68 Å². The third-order valence-corrected chi connectivity index (χ3v) is 3.23. The smallest absolute Gasteiger partial charge is 0.215 e. The average molecular weight is 263 g/mol. The van der Waals surface area contributed by atoms with Crippen molar-refractivity contribution in [3.05, 3.63) is 0 Å². The van der Waals surface area contributed by atoms with Gasteiger partial charge < -0.3 is 4.48 Å². The molecular weight excluding hydrogens is 230 g/mol. The molecule has 0 rings (SSSR count). The van der Waals surface area contributed by atoms with Crippen LogP contribution in [0.2, 0.25) is 0 Å². The lowest BCUT2D eigenvalue weighted by Crippen LogP contribution is -2.61. The molecule has 0 radical (unpaired) electrons. The van der Waals surface area contributed by atoms with Gasteiger partial charge in [-0.25, -0.2) is 4.84 Å². The Morgan fingerprint density at radius 3 is 1.50 bits per heavy atom. The van der Waals surface area contributed by atoms with Crippen LogP contribution in [0.15, 0.2) is 0 Å². The number of quaternary nitrogens is 2. The van der Waals surface area contributed by atoms with Crippen molar-refractivity contribution in [2.75, 3.05) is 49.3 Å². The first kappa shape index (κ1) is 17.8. The molecule has 0 N–H and O–H groups in total. The Morgan fingerprint density at radius 1 is 0.833 bits per heavy atom. The molecule has 0 aliphatic rings. The van der Waals surface area contributed by atoms with E-state index in [9.17, 15) is 0 Å². The van der Waals surface area contributed by atoms with Crippen LogP contribution in [0.5, 0.6) is 0 Å². The average Bonchev–Trinajstić information content (AvgIpc) is 1.95. The van der Waals surface area contributed by atoms with E-state index >= 15 is 0 Å². The fourth-order valence-corrected chi connectivity index (χ4v) is 1.30. The van der Waals surface area contributed by atoms with Crippen LogP contribution in [0.1, 0.15) is 27.7 Å². The number of rotatable bonds is 6. The van der Waals surface area contributed by atoms with Gasteiger partial charge in [-0.05, 0) is 13.8 Å². The minimum atomic E-state index is -0.509. The summed E-state index contributed by atoms with van der Waals surface area (Å²) >= 11 is 0. The van der Waals surface area contributed by atoms with Crippen molar-refractivity contribution in [2.24, 2.45) is 0 Å². The molecule has 0 saturated carbocycles. The standard InChI is InChI=1S/C13H33N3O2/c1-12(2,18-16(9,10)11)14(5)17-13(3,4)15(6,7)8/h1-11H3/q+2. The van der Waals surface area contributed by atoms with Crippen LogP contribution < -0.4 is 0 Å². The molecule has 0 aliphatic carbocycles. The molecule has 110 valence electrons. The van der Waals surface area contributed by atoms with E-state index in [0.29, 0.717) is 9.13 Å². The second kappa shape index (κ2) is 5.06. The molecule has 5 heteroatoms. The van der Waals surface area contributed by atoms with Crippen molar-refractivity contribution in [3.8, 4) is 0 Å². The highest BCUT2D eigenvalue weighted by Gasteiger charge is 2.41. The zero-order valence-corrected chi connectivity index (χ0v) is 14.2. The normalized spacial score (nSPS) is 15.3. The van der Waals surface area contributed by atoms with E-state index in [4.69, 9.17) is 9.68 Å². The SMILES string of the molecule is CN(OC(C)(C)[N+](C)(C)C)C(C)(C)O[N+](C)(C)C. The van der Waals surface area contributed by atoms with E-state index < -0.39 is 5.72 Å². The Kier molecular flexibility index (Phi) is 5.00. The third kappa shape index (κ3) is 5.20. The first-order valence-corrected chi connectivity index (χ1v) is 6.35. The Balaban J connectivity index is 4.82. The maximum absolute atomic E-state index is 6.08. The lowest BCUT2D eigenvalue weighted by Gasteiger charge is -2.45. The van der Waals surface area contributed by atoms with Gasteiger partial charge in [-0.3, -0.25) is 0 Å². The molecule has 18 heavy (non-hydrogen) atoms. The van der Waals surface area contributed by atoms with Gasteiger partial charge in [0.2, 0.25) is 5.72 Å². The molecule has 0 aliphatic heterocycles. The van der Waals surface area contributed by atoms with Gasteiger partial charge in [0.1, 0.15) is 0 Å². The molecule has 0 unspecified atom stereocenters. The summed E-state index contributed by atoms with van der Waals surface area (Å²) in [5.41, 5.74) is -0.842. The second-order valence-electron chi connectivity index (χ2n) is 7.48. The maximum atomic E-state index is 6.08. The number of hydroxylamine groups is 5. The highest BCUT2D eigenvalue weighted by molar-refractivity contribution is 4.61. The van der Waals surface area contributed by atoms with E-state index in [1.807, 2.05) is 42.0 Å². The fraction of sp³-hybridized carbons (Fsp3) is 1.00. The van der Waals surface area contributed by atoms with Gasteiger partial charge in [0.15, 0.2) is 5.72 Å². The minimum absolute atomic E-state index is 0.333. The summed E-state index contributed by atoms with van der Waals surface area (Å²) in [7, 11) is 14.2. The van der Waals surface area contributed by atoms with Crippen LogP contribution in [0.25, 0.3) is 0 Å². The molecule has 0 aromatic rings. The molecule has 5 nitrogen and oxygen atoms in total. The molecule has 0 saturated heterocycles. The van der Waals surface area contributed by atoms with Crippen LogP contribution in [0, 0.1) is 0 Å². The lowest BCUT2D eigenvalue weighted by molar-refractivity contribution is -1.08. The zero-order chi connectivity index (χ0) is 15.0. The molecular formula is C13H33N3O2+2. The molecule has 0 heterocycles. The van der Waals surface area contributed by atoms with Gasteiger partial charge in [0, 0.05) is 20.9 Å². The van der Waals surface area contributed by atoms with Crippen LogP contribution >= 0.6 is 0 Å². The predicted molar refractivity (Wildman–Crippen MR) is 74.2 cm³/mol. The molecule has 0 aromatic carbocycles. The Hall–Kier alpha value is -0.200. The monoisotopic (exact) mass is 263 g/mol. The Bertz CT molecular complexity index is 275. The van der Waals surface area contributed by atoms with Gasteiger partial charge in [-0.1, -0.05) is 0 Å².